The maximum Gasteiger partial charge on any atom is 0.0808 e. The summed E-state index contributed by atoms with van der Waals surface area (Å²) in [6.45, 7) is 10.3. The minimum Gasteiger partial charge on any atom is -0.392 e. The SMILES string of the molecule is CC1(C)CN(c2ccc(CO)c(Br)c2)CC(C)(C)O1. The minimum absolute atomic E-state index is 0.0565. The molecule has 1 aromatic rings. The van der Waals surface area contributed by atoms with E-state index in [1.165, 1.54) is 0 Å². The second-order valence-electron chi connectivity index (χ2n) is 6.41. The quantitative estimate of drug-likeness (QED) is 0.904. The van der Waals surface area contributed by atoms with Crippen molar-refractivity contribution in [1.82, 2.24) is 0 Å². The second kappa shape index (κ2) is 5.08. The van der Waals surface area contributed by atoms with Crippen LogP contribution in [-0.2, 0) is 11.3 Å². The van der Waals surface area contributed by atoms with E-state index in [4.69, 9.17) is 4.74 Å². The van der Waals surface area contributed by atoms with Gasteiger partial charge in [-0.2, -0.15) is 0 Å². The number of morpholine rings is 1. The number of rotatable bonds is 2. The fraction of sp³-hybridized carbons (Fsp3) is 0.600. The molecule has 0 amide bonds. The van der Waals surface area contributed by atoms with Gasteiger partial charge < -0.3 is 14.7 Å². The molecule has 0 atom stereocenters. The number of nitrogens with zero attached hydrogens (tertiary/aromatic N) is 1. The molecule has 1 aliphatic rings. The van der Waals surface area contributed by atoms with Crippen LogP contribution >= 0.6 is 15.9 Å². The van der Waals surface area contributed by atoms with Gasteiger partial charge in [-0.25, -0.2) is 0 Å². The third kappa shape index (κ3) is 3.50. The Labute approximate surface area is 123 Å². The van der Waals surface area contributed by atoms with Gasteiger partial charge in [-0.1, -0.05) is 22.0 Å². The third-order valence-electron chi connectivity index (χ3n) is 3.27. The van der Waals surface area contributed by atoms with Gasteiger partial charge in [0.25, 0.3) is 0 Å². The molecule has 19 heavy (non-hydrogen) atoms. The van der Waals surface area contributed by atoms with Gasteiger partial charge in [0, 0.05) is 23.2 Å². The smallest absolute Gasteiger partial charge is 0.0808 e. The van der Waals surface area contributed by atoms with Gasteiger partial charge in [0.1, 0.15) is 0 Å². The molecule has 4 heteroatoms. The molecule has 2 rings (SSSR count). The van der Waals surface area contributed by atoms with Gasteiger partial charge in [-0.05, 0) is 45.4 Å². The minimum atomic E-state index is -0.163. The summed E-state index contributed by atoms with van der Waals surface area (Å²) in [5, 5.41) is 9.22. The summed E-state index contributed by atoms with van der Waals surface area (Å²) in [6.07, 6.45) is 0. The lowest BCUT2D eigenvalue weighted by Gasteiger charge is -2.48. The molecule has 0 aliphatic carbocycles. The highest BCUT2D eigenvalue weighted by molar-refractivity contribution is 9.10. The van der Waals surface area contributed by atoms with E-state index in [9.17, 15) is 5.11 Å². The normalized spacial score (nSPS) is 21.5. The summed E-state index contributed by atoms with van der Waals surface area (Å²) in [7, 11) is 0. The van der Waals surface area contributed by atoms with Crippen molar-refractivity contribution in [3.05, 3.63) is 28.2 Å². The second-order valence-corrected chi connectivity index (χ2v) is 7.27. The summed E-state index contributed by atoms with van der Waals surface area (Å²) in [5.41, 5.74) is 1.75. The highest BCUT2D eigenvalue weighted by atomic mass is 79.9. The fourth-order valence-corrected chi connectivity index (χ4v) is 3.32. The lowest BCUT2D eigenvalue weighted by Crippen LogP contribution is -2.57. The van der Waals surface area contributed by atoms with Crippen LogP contribution in [-0.4, -0.2) is 29.4 Å². The zero-order chi connectivity index (χ0) is 14.3. The summed E-state index contributed by atoms with van der Waals surface area (Å²) in [6, 6.07) is 6.10. The summed E-state index contributed by atoms with van der Waals surface area (Å²) in [4.78, 5) is 2.34. The van der Waals surface area contributed by atoms with E-state index < -0.39 is 0 Å². The lowest BCUT2D eigenvalue weighted by molar-refractivity contribution is -0.133. The van der Waals surface area contributed by atoms with Crippen LogP contribution in [0, 0.1) is 0 Å². The molecule has 106 valence electrons. The Morgan fingerprint density at radius 2 is 1.79 bits per heavy atom. The Bertz CT molecular complexity index is 455. The Hall–Kier alpha value is -0.580. The topological polar surface area (TPSA) is 32.7 Å². The zero-order valence-electron chi connectivity index (χ0n) is 12.0. The van der Waals surface area contributed by atoms with E-state index in [0.29, 0.717) is 0 Å². The van der Waals surface area contributed by atoms with Crippen LogP contribution in [0.15, 0.2) is 22.7 Å². The number of aliphatic hydroxyl groups excluding tert-OH is 1. The number of aliphatic hydroxyl groups is 1. The van der Waals surface area contributed by atoms with E-state index in [0.717, 1.165) is 28.8 Å². The molecule has 1 heterocycles. The average molecular weight is 328 g/mol. The van der Waals surface area contributed by atoms with Crippen molar-refractivity contribution >= 4 is 21.6 Å². The third-order valence-corrected chi connectivity index (χ3v) is 4.01. The molecule has 0 spiro atoms. The number of hydrogen-bond donors (Lipinski definition) is 1. The number of halogens is 1. The highest BCUT2D eigenvalue weighted by Gasteiger charge is 2.38. The Morgan fingerprint density at radius 1 is 1.21 bits per heavy atom. The van der Waals surface area contributed by atoms with E-state index in [2.05, 4.69) is 60.7 Å². The molecule has 1 aromatic carbocycles. The molecule has 3 nitrogen and oxygen atoms in total. The first-order valence-electron chi connectivity index (χ1n) is 6.57. The predicted octanol–water partition coefficient (Wildman–Crippen LogP) is 3.34. The summed E-state index contributed by atoms with van der Waals surface area (Å²) in [5.74, 6) is 0. The molecule has 1 aliphatic heterocycles. The van der Waals surface area contributed by atoms with Crippen molar-refractivity contribution in [3.8, 4) is 0 Å². The molecule has 1 fully saturated rings. The van der Waals surface area contributed by atoms with Crippen LogP contribution in [0.3, 0.4) is 0 Å². The number of ether oxygens (including phenoxy) is 1. The van der Waals surface area contributed by atoms with Crippen LogP contribution in [0.5, 0.6) is 0 Å². The first-order valence-corrected chi connectivity index (χ1v) is 7.36. The number of anilines is 1. The van der Waals surface area contributed by atoms with Crippen LogP contribution in [0.4, 0.5) is 5.69 Å². The molecule has 0 unspecified atom stereocenters. The maximum atomic E-state index is 9.22. The molecule has 0 radical (unpaired) electrons. The molecular formula is C15H22BrNO2. The molecule has 0 bridgehead atoms. The first-order chi connectivity index (χ1) is 8.72. The van der Waals surface area contributed by atoms with Gasteiger partial charge in [0.15, 0.2) is 0 Å². The van der Waals surface area contributed by atoms with Crippen molar-refractivity contribution < 1.29 is 9.84 Å². The highest BCUT2D eigenvalue weighted by Crippen LogP contribution is 2.33. The Kier molecular flexibility index (Phi) is 3.96. The standard InChI is InChI=1S/C15H22BrNO2/c1-14(2)9-17(10-15(3,4)19-14)12-6-5-11(8-18)13(16)7-12/h5-7,18H,8-10H2,1-4H3. The molecule has 1 saturated heterocycles. The van der Waals surface area contributed by atoms with Crippen molar-refractivity contribution in [1.29, 1.82) is 0 Å². The van der Waals surface area contributed by atoms with Crippen molar-refractivity contribution in [2.75, 3.05) is 18.0 Å². The van der Waals surface area contributed by atoms with Gasteiger partial charge in [0.2, 0.25) is 0 Å². The summed E-state index contributed by atoms with van der Waals surface area (Å²) < 4.78 is 7.05. The van der Waals surface area contributed by atoms with Crippen molar-refractivity contribution in [2.45, 2.75) is 45.5 Å². The van der Waals surface area contributed by atoms with Crippen LogP contribution in [0.25, 0.3) is 0 Å². The van der Waals surface area contributed by atoms with Gasteiger partial charge >= 0.3 is 0 Å². The molecular weight excluding hydrogens is 306 g/mol. The lowest BCUT2D eigenvalue weighted by atomic mass is 9.98. The van der Waals surface area contributed by atoms with Crippen LogP contribution in [0.1, 0.15) is 33.3 Å². The molecule has 0 aromatic heterocycles. The van der Waals surface area contributed by atoms with E-state index in [-0.39, 0.29) is 17.8 Å². The van der Waals surface area contributed by atoms with E-state index in [1.807, 2.05) is 6.07 Å². The van der Waals surface area contributed by atoms with E-state index >= 15 is 0 Å². The Morgan fingerprint density at radius 3 is 2.26 bits per heavy atom. The number of benzene rings is 1. The summed E-state index contributed by atoms with van der Waals surface area (Å²) >= 11 is 3.51. The van der Waals surface area contributed by atoms with Crippen molar-refractivity contribution in [2.24, 2.45) is 0 Å². The number of hydrogen-bond acceptors (Lipinski definition) is 3. The first kappa shape index (κ1) is 14.8. The zero-order valence-corrected chi connectivity index (χ0v) is 13.6. The van der Waals surface area contributed by atoms with Gasteiger partial charge in [-0.3, -0.25) is 0 Å². The largest absolute Gasteiger partial charge is 0.392 e. The van der Waals surface area contributed by atoms with Gasteiger partial charge in [0.05, 0.1) is 17.8 Å². The molecule has 0 saturated carbocycles. The fourth-order valence-electron chi connectivity index (χ4n) is 2.83. The maximum absolute atomic E-state index is 9.22. The Balaban J connectivity index is 2.28. The van der Waals surface area contributed by atoms with Gasteiger partial charge in [-0.15, -0.1) is 0 Å². The average Bonchev–Trinajstić information content (AvgIpc) is 2.24. The van der Waals surface area contributed by atoms with E-state index in [1.54, 1.807) is 0 Å². The van der Waals surface area contributed by atoms with Crippen LogP contribution in [0.2, 0.25) is 0 Å². The van der Waals surface area contributed by atoms with Crippen molar-refractivity contribution in [3.63, 3.8) is 0 Å². The predicted molar refractivity (Wildman–Crippen MR) is 81.5 cm³/mol. The monoisotopic (exact) mass is 327 g/mol. The molecule has 1 N–H and O–H groups in total. The van der Waals surface area contributed by atoms with Crippen LogP contribution < -0.4 is 4.90 Å².